The Morgan fingerprint density at radius 2 is 0.891 bits per heavy atom. The highest BCUT2D eigenvalue weighted by molar-refractivity contribution is 7.47. The number of unbranched alkanes of at least 4 members (excludes halogenated alkanes) is 23. The summed E-state index contributed by atoms with van der Waals surface area (Å²) in [5.74, 6) is -0.423. The molecule has 9 nitrogen and oxygen atoms in total. The van der Waals surface area contributed by atoms with Crippen LogP contribution in [0.15, 0.2) is 72.9 Å². The molecule has 0 aliphatic heterocycles. The van der Waals surface area contributed by atoms with Crippen LogP contribution in [-0.4, -0.2) is 66.3 Å². The topological polar surface area (TPSA) is 132 Å². The number of carbonyl (C=O) groups excluding carboxylic acids is 1. The standard InChI is InChI=1S/C54H97O9P/c1-3-5-7-9-11-13-15-17-19-21-23-25-27-29-31-33-35-37-39-41-43-45-47-60-50-53(51-62-64(58,59)61-49-52(56)48-55)63-54(57)46-44-42-40-38-36-34-32-30-28-26-24-22-20-18-16-14-12-10-8-6-4-2/h6,8,12,14,18,20,24,26,30,32,36,38,52-53,55-56H,3-5,7,9-11,13,15-17,19,21-23,25,27-29,31,33-35,37,39-51H2,1-2H3,(H,58,59)/b8-6-,14-12-,20-18-,26-24-,32-30-,38-36-. The highest BCUT2D eigenvalue weighted by Gasteiger charge is 2.26. The Labute approximate surface area is 392 Å². The molecular formula is C54H97O9P. The van der Waals surface area contributed by atoms with E-state index in [1.54, 1.807) is 0 Å². The Hall–Kier alpha value is -2.10. The van der Waals surface area contributed by atoms with Crippen LogP contribution in [0.25, 0.3) is 0 Å². The van der Waals surface area contributed by atoms with Gasteiger partial charge in [0, 0.05) is 13.0 Å². The molecule has 0 aromatic heterocycles. The van der Waals surface area contributed by atoms with Gasteiger partial charge in [-0.1, -0.05) is 222 Å². The van der Waals surface area contributed by atoms with E-state index < -0.39 is 45.8 Å². The molecular weight excluding hydrogens is 824 g/mol. The van der Waals surface area contributed by atoms with E-state index in [2.05, 4.69) is 86.8 Å². The van der Waals surface area contributed by atoms with Gasteiger partial charge in [-0.2, -0.15) is 0 Å². The first-order valence-corrected chi connectivity index (χ1v) is 27.4. The maximum atomic E-state index is 12.7. The van der Waals surface area contributed by atoms with Crippen molar-refractivity contribution in [3.05, 3.63) is 72.9 Å². The Kier molecular flexibility index (Phi) is 48.7. The number of phosphoric ester groups is 1. The highest BCUT2D eigenvalue weighted by Crippen LogP contribution is 2.43. The van der Waals surface area contributed by atoms with Gasteiger partial charge < -0.3 is 24.6 Å². The second kappa shape index (κ2) is 50.3. The molecule has 0 aliphatic carbocycles. The molecule has 0 aliphatic rings. The van der Waals surface area contributed by atoms with Gasteiger partial charge in [0.1, 0.15) is 12.2 Å². The van der Waals surface area contributed by atoms with Gasteiger partial charge in [0.25, 0.3) is 0 Å². The average molecular weight is 921 g/mol. The van der Waals surface area contributed by atoms with Crippen LogP contribution in [0, 0.1) is 0 Å². The fourth-order valence-corrected chi connectivity index (χ4v) is 7.80. The van der Waals surface area contributed by atoms with Crippen LogP contribution < -0.4 is 0 Å². The van der Waals surface area contributed by atoms with E-state index in [1.165, 1.54) is 122 Å². The van der Waals surface area contributed by atoms with Crippen molar-refractivity contribution in [3.63, 3.8) is 0 Å². The third-order valence-electron chi connectivity index (χ3n) is 10.9. The van der Waals surface area contributed by atoms with Crippen LogP contribution >= 0.6 is 7.82 Å². The first-order chi connectivity index (χ1) is 31.3. The molecule has 0 fully saturated rings. The molecule has 0 amide bonds. The van der Waals surface area contributed by atoms with Crippen LogP contribution in [-0.2, 0) is 27.9 Å². The fourth-order valence-electron chi connectivity index (χ4n) is 7.01. The fraction of sp³-hybridized carbons (Fsp3) is 0.759. The molecule has 0 saturated carbocycles. The van der Waals surface area contributed by atoms with E-state index in [1.807, 2.05) is 0 Å². The largest absolute Gasteiger partial charge is 0.472 e. The number of phosphoric acid groups is 1. The van der Waals surface area contributed by atoms with E-state index in [4.69, 9.17) is 23.6 Å². The van der Waals surface area contributed by atoms with Crippen LogP contribution in [0.3, 0.4) is 0 Å². The summed E-state index contributed by atoms with van der Waals surface area (Å²) in [6.45, 7) is 3.37. The molecule has 0 saturated heterocycles. The zero-order valence-electron chi connectivity index (χ0n) is 41.0. The molecule has 0 rings (SSSR count). The molecule has 3 atom stereocenters. The zero-order valence-corrected chi connectivity index (χ0v) is 41.9. The van der Waals surface area contributed by atoms with Crippen molar-refractivity contribution >= 4 is 13.8 Å². The molecule has 0 heterocycles. The first-order valence-electron chi connectivity index (χ1n) is 25.9. The van der Waals surface area contributed by atoms with E-state index in [-0.39, 0.29) is 13.0 Å². The summed E-state index contributed by atoms with van der Waals surface area (Å²) in [5, 5.41) is 18.4. The van der Waals surface area contributed by atoms with Gasteiger partial charge in [-0.25, -0.2) is 4.57 Å². The molecule has 0 spiro atoms. The number of rotatable bonds is 49. The van der Waals surface area contributed by atoms with E-state index in [0.29, 0.717) is 13.0 Å². The van der Waals surface area contributed by atoms with Crippen LogP contribution in [0.5, 0.6) is 0 Å². The lowest BCUT2D eigenvalue weighted by atomic mass is 10.0. The molecule has 0 aromatic rings. The maximum Gasteiger partial charge on any atom is 0.472 e. The molecule has 0 bridgehead atoms. The minimum atomic E-state index is -4.54. The van der Waals surface area contributed by atoms with Gasteiger partial charge in [0.2, 0.25) is 0 Å². The number of ether oxygens (including phenoxy) is 2. The summed E-state index contributed by atoms with van der Waals surface area (Å²) in [7, 11) is -4.54. The summed E-state index contributed by atoms with van der Waals surface area (Å²) in [6.07, 6.45) is 61.6. The Morgan fingerprint density at radius 1 is 0.500 bits per heavy atom. The number of allylic oxidation sites excluding steroid dienone is 12. The summed E-state index contributed by atoms with van der Waals surface area (Å²) >= 11 is 0. The highest BCUT2D eigenvalue weighted by atomic mass is 31.2. The molecule has 372 valence electrons. The SMILES string of the molecule is CC/C=C\C/C=C\C/C=C\C/C=C\C/C=C\C/C=C\CCCCC(=O)OC(COCCCCCCCCCCCCCCCCCCCCCCCC)COP(=O)(O)OCC(O)CO. The van der Waals surface area contributed by atoms with Gasteiger partial charge in [-0.05, 0) is 64.2 Å². The predicted octanol–water partition coefficient (Wildman–Crippen LogP) is 15.3. The summed E-state index contributed by atoms with van der Waals surface area (Å²) in [4.78, 5) is 22.7. The lowest BCUT2D eigenvalue weighted by molar-refractivity contribution is -0.154. The Morgan fingerprint density at radius 3 is 1.31 bits per heavy atom. The summed E-state index contributed by atoms with van der Waals surface area (Å²) in [6, 6.07) is 0. The minimum Gasteiger partial charge on any atom is -0.457 e. The second-order valence-electron chi connectivity index (χ2n) is 17.2. The lowest BCUT2D eigenvalue weighted by Crippen LogP contribution is -2.29. The predicted molar refractivity (Wildman–Crippen MR) is 269 cm³/mol. The summed E-state index contributed by atoms with van der Waals surface area (Å²) < 4.78 is 33.5. The van der Waals surface area contributed by atoms with E-state index >= 15 is 0 Å². The maximum absolute atomic E-state index is 12.7. The third-order valence-corrected chi connectivity index (χ3v) is 11.9. The molecule has 0 aromatic carbocycles. The number of aliphatic hydroxyl groups is 2. The molecule has 3 N–H and O–H groups in total. The van der Waals surface area contributed by atoms with Gasteiger partial charge in [0.15, 0.2) is 0 Å². The molecule has 0 radical (unpaired) electrons. The quantitative estimate of drug-likeness (QED) is 0.0236. The third kappa shape index (κ3) is 49.3. The Bertz CT molecular complexity index is 1230. The smallest absolute Gasteiger partial charge is 0.457 e. The Balaban J connectivity index is 4.14. The number of esters is 1. The normalized spacial score (nSPS) is 14.4. The number of hydrogen-bond donors (Lipinski definition) is 3. The second-order valence-corrected chi connectivity index (χ2v) is 18.6. The van der Waals surface area contributed by atoms with Gasteiger partial charge in [-0.3, -0.25) is 13.8 Å². The van der Waals surface area contributed by atoms with Crippen molar-refractivity contribution in [2.45, 2.75) is 232 Å². The van der Waals surface area contributed by atoms with Gasteiger partial charge >= 0.3 is 13.8 Å². The molecule has 3 unspecified atom stereocenters. The van der Waals surface area contributed by atoms with Gasteiger partial charge in [0.05, 0.1) is 26.4 Å². The summed E-state index contributed by atoms with van der Waals surface area (Å²) in [5.41, 5.74) is 0. The number of carbonyl (C=O) groups is 1. The number of aliphatic hydroxyl groups excluding tert-OH is 2. The van der Waals surface area contributed by atoms with E-state index in [0.717, 1.165) is 70.6 Å². The zero-order chi connectivity index (χ0) is 46.7. The monoisotopic (exact) mass is 921 g/mol. The van der Waals surface area contributed by atoms with E-state index in [9.17, 15) is 19.4 Å². The first kappa shape index (κ1) is 61.9. The minimum absolute atomic E-state index is 0.0306. The lowest BCUT2D eigenvalue weighted by Gasteiger charge is -2.20. The van der Waals surface area contributed by atoms with Crippen LogP contribution in [0.1, 0.15) is 219 Å². The molecule has 64 heavy (non-hydrogen) atoms. The van der Waals surface area contributed by atoms with Crippen molar-refractivity contribution in [3.8, 4) is 0 Å². The van der Waals surface area contributed by atoms with Crippen molar-refractivity contribution in [1.82, 2.24) is 0 Å². The van der Waals surface area contributed by atoms with Crippen molar-refractivity contribution < 1.29 is 43.0 Å². The van der Waals surface area contributed by atoms with Crippen molar-refractivity contribution in [2.75, 3.05) is 33.0 Å². The van der Waals surface area contributed by atoms with Crippen LogP contribution in [0.2, 0.25) is 0 Å². The van der Waals surface area contributed by atoms with Gasteiger partial charge in [-0.15, -0.1) is 0 Å². The average Bonchev–Trinajstić information content (AvgIpc) is 3.29. The van der Waals surface area contributed by atoms with Crippen molar-refractivity contribution in [2.24, 2.45) is 0 Å². The number of hydrogen-bond acceptors (Lipinski definition) is 8. The molecule has 10 heteroatoms. The van der Waals surface area contributed by atoms with Crippen molar-refractivity contribution in [1.29, 1.82) is 0 Å². The van der Waals surface area contributed by atoms with Crippen LogP contribution in [0.4, 0.5) is 0 Å².